The highest BCUT2D eigenvalue weighted by Gasteiger charge is 2.30. The van der Waals surface area contributed by atoms with Crippen LogP contribution in [0.1, 0.15) is 24.8 Å². The second kappa shape index (κ2) is 6.49. The molecule has 0 atom stereocenters. The van der Waals surface area contributed by atoms with Crippen molar-refractivity contribution in [3.63, 3.8) is 0 Å². The van der Waals surface area contributed by atoms with Crippen molar-refractivity contribution in [2.45, 2.75) is 25.4 Å². The number of rotatable bonds is 6. The van der Waals surface area contributed by atoms with Gasteiger partial charge in [0.1, 0.15) is 0 Å². The Balaban J connectivity index is 2.44. The summed E-state index contributed by atoms with van der Waals surface area (Å²) in [6.07, 6.45) is -1.43. The molecule has 17 heavy (non-hydrogen) atoms. The van der Waals surface area contributed by atoms with E-state index in [9.17, 15) is 13.2 Å². The van der Waals surface area contributed by atoms with E-state index in [0.29, 0.717) is 18.8 Å². The number of unbranched alkanes of at least 4 members (excludes halogenated alkanes) is 2. The van der Waals surface area contributed by atoms with Gasteiger partial charge in [-0.2, -0.15) is 13.2 Å². The third-order valence-corrected chi connectivity index (χ3v) is 2.40. The molecule has 0 heterocycles. The number of benzene rings is 1. The Bertz CT molecular complexity index is 337. The molecule has 2 nitrogen and oxygen atoms in total. The summed E-state index contributed by atoms with van der Waals surface area (Å²) in [5.74, 6) is 0. The fourth-order valence-electron chi connectivity index (χ4n) is 1.48. The van der Waals surface area contributed by atoms with E-state index in [0.717, 1.165) is 31.4 Å². The van der Waals surface area contributed by atoms with Gasteiger partial charge < -0.3 is 11.1 Å². The van der Waals surface area contributed by atoms with E-state index in [4.69, 9.17) is 5.73 Å². The molecule has 96 valence electrons. The van der Waals surface area contributed by atoms with Crippen LogP contribution in [-0.2, 0) is 6.18 Å². The first-order chi connectivity index (χ1) is 8.04. The molecular formula is C12H17F3N2. The van der Waals surface area contributed by atoms with Crippen molar-refractivity contribution in [3.8, 4) is 0 Å². The van der Waals surface area contributed by atoms with Crippen molar-refractivity contribution in [2.75, 3.05) is 18.4 Å². The first-order valence-electron chi connectivity index (χ1n) is 5.65. The molecular weight excluding hydrogens is 229 g/mol. The van der Waals surface area contributed by atoms with Gasteiger partial charge in [0.25, 0.3) is 0 Å². The third kappa shape index (κ3) is 5.08. The van der Waals surface area contributed by atoms with Crippen LogP contribution in [0.4, 0.5) is 18.9 Å². The number of alkyl halides is 3. The van der Waals surface area contributed by atoms with Crippen LogP contribution < -0.4 is 11.1 Å². The molecule has 0 aliphatic carbocycles. The normalized spacial score (nSPS) is 11.5. The summed E-state index contributed by atoms with van der Waals surface area (Å²) < 4.78 is 37.2. The van der Waals surface area contributed by atoms with E-state index in [1.807, 2.05) is 0 Å². The predicted octanol–water partition coefficient (Wildman–Crippen LogP) is 3.25. The van der Waals surface area contributed by atoms with Crippen molar-refractivity contribution in [3.05, 3.63) is 29.8 Å². The van der Waals surface area contributed by atoms with Crippen molar-refractivity contribution < 1.29 is 13.2 Å². The first kappa shape index (κ1) is 13.8. The van der Waals surface area contributed by atoms with Gasteiger partial charge in [-0.3, -0.25) is 0 Å². The number of anilines is 1. The number of nitrogens with two attached hydrogens (primary N) is 1. The van der Waals surface area contributed by atoms with E-state index in [1.165, 1.54) is 6.07 Å². The Morgan fingerprint density at radius 1 is 1.12 bits per heavy atom. The number of halogens is 3. The van der Waals surface area contributed by atoms with E-state index in [-0.39, 0.29) is 0 Å². The van der Waals surface area contributed by atoms with Gasteiger partial charge in [0.05, 0.1) is 5.56 Å². The molecule has 0 saturated carbocycles. The molecule has 0 bridgehead atoms. The van der Waals surface area contributed by atoms with Gasteiger partial charge >= 0.3 is 6.18 Å². The lowest BCUT2D eigenvalue weighted by atomic mass is 10.2. The van der Waals surface area contributed by atoms with Crippen LogP contribution in [-0.4, -0.2) is 13.1 Å². The van der Waals surface area contributed by atoms with Crippen LogP contribution in [0.5, 0.6) is 0 Å². The van der Waals surface area contributed by atoms with Gasteiger partial charge in [-0.15, -0.1) is 0 Å². The largest absolute Gasteiger partial charge is 0.416 e. The Labute approximate surface area is 99.0 Å². The monoisotopic (exact) mass is 246 g/mol. The number of hydrogen-bond donors (Lipinski definition) is 2. The molecule has 0 aliphatic heterocycles. The minimum Gasteiger partial charge on any atom is -0.385 e. The van der Waals surface area contributed by atoms with E-state index in [2.05, 4.69) is 5.32 Å². The fraction of sp³-hybridized carbons (Fsp3) is 0.500. The lowest BCUT2D eigenvalue weighted by Crippen LogP contribution is -2.07. The highest BCUT2D eigenvalue weighted by molar-refractivity contribution is 5.46. The molecule has 1 aromatic carbocycles. The highest BCUT2D eigenvalue weighted by Crippen LogP contribution is 2.30. The van der Waals surface area contributed by atoms with Gasteiger partial charge in [0, 0.05) is 12.2 Å². The lowest BCUT2D eigenvalue weighted by molar-refractivity contribution is -0.137. The summed E-state index contributed by atoms with van der Waals surface area (Å²) in [5, 5.41) is 2.98. The topological polar surface area (TPSA) is 38.0 Å². The molecule has 1 rings (SSSR count). The average Bonchev–Trinajstić information content (AvgIpc) is 2.28. The molecule has 0 unspecified atom stereocenters. The Morgan fingerprint density at radius 3 is 2.53 bits per heavy atom. The Kier molecular flexibility index (Phi) is 5.28. The SMILES string of the molecule is NCCCCCNc1cccc(C(F)(F)F)c1. The minimum atomic E-state index is -4.28. The molecule has 0 aromatic heterocycles. The maximum absolute atomic E-state index is 12.4. The van der Waals surface area contributed by atoms with Crippen LogP contribution in [0.25, 0.3) is 0 Å². The molecule has 3 N–H and O–H groups in total. The zero-order chi connectivity index (χ0) is 12.7. The summed E-state index contributed by atoms with van der Waals surface area (Å²) >= 11 is 0. The van der Waals surface area contributed by atoms with E-state index < -0.39 is 11.7 Å². The maximum Gasteiger partial charge on any atom is 0.416 e. The zero-order valence-corrected chi connectivity index (χ0v) is 9.56. The molecule has 0 amide bonds. The smallest absolute Gasteiger partial charge is 0.385 e. The maximum atomic E-state index is 12.4. The highest BCUT2D eigenvalue weighted by atomic mass is 19.4. The standard InChI is InChI=1S/C12H17F3N2/c13-12(14,15)10-5-4-6-11(9-10)17-8-3-1-2-7-16/h4-6,9,17H,1-3,7-8,16H2. The van der Waals surface area contributed by atoms with Gasteiger partial charge in [0.15, 0.2) is 0 Å². The molecule has 5 heteroatoms. The second-order valence-electron chi connectivity index (χ2n) is 3.85. The number of hydrogen-bond acceptors (Lipinski definition) is 2. The Hall–Kier alpha value is -1.23. The van der Waals surface area contributed by atoms with Crippen LogP contribution >= 0.6 is 0 Å². The average molecular weight is 246 g/mol. The van der Waals surface area contributed by atoms with Crippen molar-refractivity contribution in [1.82, 2.24) is 0 Å². The van der Waals surface area contributed by atoms with Gasteiger partial charge in [-0.25, -0.2) is 0 Å². The van der Waals surface area contributed by atoms with Crippen molar-refractivity contribution >= 4 is 5.69 Å². The van der Waals surface area contributed by atoms with Crippen LogP contribution in [0.2, 0.25) is 0 Å². The van der Waals surface area contributed by atoms with Gasteiger partial charge in [0.2, 0.25) is 0 Å². The molecule has 0 spiro atoms. The quantitative estimate of drug-likeness (QED) is 0.756. The Morgan fingerprint density at radius 2 is 1.88 bits per heavy atom. The molecule has 1 aromatic rings. The first-order valence-corrected chi connectivity index (χ1v) is 5.65. The van der Waals surface area contributed by atoms with Crippen LogP contribution in [0.15, 0.2) is 24.3 Å². The third-order valence-electron chi connectivity index (χ3n) is 2.40. The molecule has 0 aliphatic rings. The minimum absolute atomic E-state index is 0.507. The summed E-state index contributed by atoms with van der Waals surface area (Å²) in [4.78, 5) is 0. The van der Waals surface area contributed by atoms with E-state index in [1.54, 1.807) is 6.07 Å². The molecule has 0 saturated heterocycles. The molecule has 0 radical (unpaired) electrons. The van der Waals surface area contributed by atoms with Crippen molar-refractivity contribution in [1.29, 1.82) is 0 Å². The summed E-state index contributed by atoms with van der Waals surface area (Å²) in [6, 6.07) is 5.24. The fourth-order valence-corrected chi connectivity index (χ4v) is 1.48. The van der Waals surface area contributed by atoms with Crippen LogP contribution in [0.3, 0.4) is 0 Å². The summed E-state index contributed by atoms with van der Waals surface area (Å²) in [7, 11) is 0. The van der Waals surface area contributed by atoms with E-state index >= 15 is 0 Å². The van der Waals surface area contributed by atoms with Gasteiger partial charge in [-0.1, -0.05) is 12.5 Å². The molecule has 0 fully saturated rings. The van der Waals surface area contributed by atoms with Gasteiger partial charge in [-0.05, 0) is 37.6 Å². The summed E-state index contributed by atoms with van der Waals surface area (Å²) in [6.45, 7) is 1.32. The second-order valence-corrected chi connectivity index (χ2v) is 3.85. The van der Waals surface area contributed by atoms with Crippen molar-refractivity contribution in [2.24, 2.45) is 5.73 Å². The zero-order valence-electron chi connectivity index (χ0n) is 9.56. The lowest BCUT2D eigenvalue weighted by Gasteiger charge is -2.10. The van der Waals surface area contributed by atoms with Crippen LogP contribution in [0, 0.1) is 0 Å². The summed E-state index contributed by atoms with van der Waals surface area (Å²) in [5.41, 5.74) is 5.23. The predicted molar refractivity (Wildman–Crippen MR) is 62.8 cm³/mol. The number of nitrogens with one attached hydrogen (secondary N) is 1.